The summed E-state index contributed by atoms with van der Waals surface area (Å²) in [7, 11) is 2.25. The minimum Gasteiger partial charge on any atom is -0.309 e. The van der Waals surface area contributed by atoms with Gasteiger partial charge in [-0.3, -0.25) is 0 Å². The second kappa shape index (κ2) is 5.50. The van der Waals surface area contributed by atoms with Gasteiger partial charge in [0.05, 0.1) is 0 Å². The summed E-state index contributed by atoms with van der Waals surface area (Å²) in [5.74, 6) is 0.791. The van der Waals surface area contributed by atoms with Gasteiger partial charge in [-0.05, 0) is 31.2 Å². The topological polar surface area (TPSA) is 15.3 Å². The van der Waals surface area contributed by atoms with E-state index in [4.69, 9.17) is 0 Å². The van der Waals surface area contributed by atoms with E-state index in [1.54, 1.807) is 0 Å². The molecule has 0 bridgehead atoms. The first-order valence-corrected chi connectivity index (χ1v) is 6.71. The fourth-order valence-corrected chi connectivity index (χ4v) is 2.84. The van der Waals surface area contributed by atoms with Gasteiger partial charge >= 0.3 is 0 Å². The molecule has 0 aromatic carbocycles. The van der Waals surface area contributed by atoms with Crippen LogP contribution < -0.4 is 5.32 Å². The van der Waals surface area contributed by atoms with Crippen LogP contribution in [0.5, 0.6) is 0 Å². The Morgan fingerprint density at radius 1 is 1.19 bits per heavy atom. The van der Waals surface area contributed by atoms with E-state index in [9.17, 15) is 0 Å². The number of hydrogen-bond donors (Lipinski definition) is 1. The number of hydrogen-bond acceptors (Lipinski definition) is 2. The van der Waals surface area contributed by atoms with Crippen LogP contribution in [0.3, 0.4) is 0 Å². The van der Waals surface area contributed by atoms with Crippen LogP contribution >= 0.6 is 0 Å². The molecule has 0 aliphatic carbocycles. The maximum atomic E-state index is 3.83. The first kappa shape index (κ1) is 14.0. The molecule has 2 atom stereocenters. The molecule has 1 unspecified atom stereocenters. The van der Waals surface area contributed by atoms with Crippen molar-refractivity contribution in [1.29, 1.82) is 0 Å². The second-order valence-corrected chi connectivity index (χ2v) is 7.18. The van der Waals surface area contributed by atoms with E-state index in [1.165, 1.54) is 25.9 Å². The monoisotopic (exact) mass is 226 g/mol. The average molecular weight is 226 g/mol. The van der Waals surface area contributed by atoms with Gasteiger partial charge in [-0.25, -0.2) is 0 Å². The van der Waals surface area contributed by atoms with Crippen molar-refractivity contribution < 1.29 is 0 Å². The molecule has 1 aliphatic rings. The lowest BCUT2D eigenvalue weighted by atomic mass is 9.86. The van der Waals surface area contributed by atoms with Gasteiger partial charge in [0.25, 0.3) is 0 Å². The fraction of sp³-hybridized carbons (Fsp3) is 1.00. The molecule has 0 aromatic rings. The predicted octanol–water partition coefficient (Wildman–Crippen LogP) is 2.74. The maximum Gasteiger partial charge on any atom is 0.0203 e. The molecule has 1 N–H and O–H groups in total. The van der Waals surface area contributed by atoms with Crippen molar-refractivity contribution in [3.8, 4) is 0 Å². The minimum atomic E-state index is 0.429. The zero-order valence-electron chi connectivity index (χ0n) is 12.0. The molecule has 16 heavy (non-hydrogen) atoms. The lowest BCUT2D eigenvalue weighted by Gasteiger charge is -2.40. The van der Waals surface area contributed by atoms with E-state index in [-0.39, 0.29) is 0 Å². The van der Waals surface area contributed by atoms with Crippen LogP contribution in [0, 0.1) is 11.3 Å². The van der Waals surface area contributed by atoms with Crippen LogP contribution in [-0.2, 0) is 0 Å². The van der Waals surface area contributed by atoms with E-state index in [2.05, 4.69) is 51.9 Å². The highest BCUT2D eigenvalue weighted by atomic mass is 15.2. The van der Waals surface area contributed by atoms with Crippen molar-refractivity contribution >= 4 is 0 Å². The Labute approximate surface area is 102 Å². The van der Waals surface area contributed by atoms with E-state index < -0.39 is 0 Å². The minimum absolute atomic E-state index is 0.429. The van der Waals surface area contributed by atoms with Gasteiger partial charge in [0.2, 0.25) is 0 Å². The van der Waals surface area contributed by atoms with Crippen molar-refractivity contribution in [1.82, 2.24) is 10.2 Å². The van der Waals surface area contributed by atoms with Crippen LogP contribution in [0.1, 0.15) is 47.5 Å². The molecular weight excluding hydrogens is 196 g/mol. The summed E-state index contributed by atoms with van der Waals surface area (Å²) in [5.41, 5.74) is 0.429. The molecule has 1 saturated heterocycles. The number of likely N-dealkylation sites (N-methyl/N-ethyl adjacent to an activating group) is 1. The number of rotatable bonds is 3. The zero-order valence-corrected chi connectivity index (χ0v) is 12.0. The summed E-state index contributed by atoms with van der Waals surface area (Å²) in [6.45, 7) is 14.0. The molecule has 1 aliphatic heterocycles. The molecule has 0 spiro atoms. The van der Waals surface area contributed by atoms with Crippen LogP contribution in [0.4, 0.5) is 0 Å². The highest BCUT2D eigenvalue weighted by Gasteiger charge is 2.27. The molecule has 0 radical (unpaired) electrons. The molecule has 1 rings (SSSR count). The third-order valence-corrected chi connectivity index (χ3v) is 3.15. The van der Waals surface area contributed by atoms with E-state index in [0.29, 0.717) is 17.5 Å². The Hall–Kier alpha value is -0.0800. The Balaban J connectivity index is 2.47. The van der Waals surface area contributed by atoms with Crippen LogP contribution in [0.25, 0.3) is 0 Å². The Kier molecular flexibility index (Phi) is 4.81. The van der Waals surface area contributed by atoms with Gasteiger partial charge in [-0.1, -0.05) is 34.6 Å². The molecule has 1 heterocycles. The Bertz CT molecular complexity index is 203. The Morgan fingerprint density at radius 3 is 2.25 bits per heavy atom. The summed E-state index contributed by atoms with van der Waals surface area (Å²) < 4.78 is 0. The normalized spacial score (nSPS) is 28.7. The van der Waals surface area contributed by atoms with Gasteiger partial charge in [-0.15, -0.1) is 0 Å². The average Bonchev–Trinajstić information content (AvgIpc) is 1.96. The first-order chi connectivity index (χ1) is 7.26. The van der Waals surface area contributed by atoms with Crippen molar-refractivity contribution in [3.63, 3.8) is 0 Å². The molecule has 0 amide bonds. The van der Waals surface area contributed by atoms with Crippen molar-refractivity contribution in [2.24, 2.45) is 11.3 Å². The van der Waals surface area contributed by atoms with E-state index >= 15 is 0 Å². The van der Waals surface area contributed by atoms with Crippen molar-refractivity contribution in [3.05, 3.63) is 0 Å². The molecule has 0 aromatic heterocycles. The van der Waals surface area contributed by atoms with E-state index in [0.717, 1.165) is 5.92 Å². The summed E-state index contributed by atoms with van der Waals surface area (Å²) in [6.07, 6.45) is 2.57. The van der Waals surface area contributed by atoms with E-state index in [1.807, 2.05) is 0 Å². The summed E-state index contributed by atoms with van der Waals surface area (Å²) in [5, 5.41) is 3.83. The molecule has 1 fully saturated rings. The summed E-state index contributed by atoms with van der Waals surface area (Å²) in [6, 6.07) is 1.36. The Morgan fingerprint density at radius 2 is 1.75 bits per heavy atom. The highest BCUT2D eigenvalue weighted by Crippen LogP contribution is 2.23. The van der Waals surface area contributed by atoms with Crippen LogP contribution in [0.15, 0.2) is 0 Å². The molecule has 2 heteroatoms. The predicted molar refractivity (Wildman–Crippen MR) is 71.7 cm³/mol. The number of piperazine rings is 1. The molecule has 96 valence electrons. The van der Waals surface area contributed by atoms with Gasteiger partial charge < -0.3 is 10.2 Å². The molecular formula is C14H30N2. The number of nitrogens with one attached hydrogen (secondary N) is 1. The highest BCUT2D eigenvalue weighted by molar-refractivity contribution is 4.87. The fourth-order valence-electron chi connectivity index (χ4n) is 2.84. The van der Waals surface area contributed by atoms with Gasteiger partial charge in [0.1, 0.15) is 0 Å². The summed E-state index contributed by atoms with van der Waals surface area (Å²) >= 11 is 0. The van der Waals surface area contributed by atoms with Gasteiger partial charge in [-0.2, -0.15) is 0 Å². The standard InChI is InChI=1S/C14H30N2/c1-11(2)7-12-9-16(6)10-13(15-12)8-14(3,4)5/h11-13,15H,7-10H2,1-6H3/t12-,13?/m1/s1. The summed E-state index contributed by atoms with van der Waals surface area (Å²) in [4.78, 5) is 2.49. The first-order valence-electron chi connectivity index (χ1n) is 6.71. The van der Waals surface area contributed by atoms with Crippen molar-refractivity contribution in [2.45, 2.75) is 59.5 Å². The van der Waals surface area contributed by atoms with Crippen LogP contribution in [0.2, 0.25) is 0 Å². The quantitative estimate of drug-likeness (QED) is 0.796. The largest absolute Gasteiger partial charge is 0.309 e. The second-order valence-electron chi connectivity index (χ2n) is 7.18. The van der Waals surface area contributed by atoms with Gasteiger partial charge in [0, 0.05) is 25.2 Å². The SMILES string of the molecule is CC(C)C[C@@H]1CN(C)CC(CC(C)(C)C)N1. The number of nitrogens with zero attached hydrogens (tertiary/aromatic N) is 1. The maximum absolute atomic E-state index is 3.83. The molecule has 0 saturated carbocycles. The lowest BCUT2D eigenvalue weighted by molar-refractivity contribution is 0.148. The third-order valence-electron chi connectivity index (χ3n) is 3.15. The van der Waals surface area contributed by atoms with Gasteiger partial charge in [0.15, 0.2) is 0 Å². The lowest BCUT2D eigenvalue weighted by Crippen LogP contribution is -2.56. The molecule has 2 nitrogen and oxygen atoms in total. The van der Waals surface area contributed by atoms with Crippen LogP contribution in [-0.4, -0.2) is 37.1 Å². The smallest absolute Gasteiger partial charge is 0.0203 e. The zero-order chi connectivity index (χ0) is 12.3. The van der Waals surface area contributed by atoms with Crippen molar-refractivity contribution in [2.75, 3.05) is 20.1 Å². The third kappa shape index (κ3) is 5.31.